The summed E-state index contributed by atoms with van der Waals surface area (Å²) in [6, 6.07) is -0.985. The van der Waals surface area contributed by atoms with E-state index in [9.17, 15) is 14.4 Å². The van der Waals surface area contributed by atoms with Gasteiger partial charge in [0.1, 0.15) is 6.29 Å². The molecule has 1 heterocycles. The van der Waals surface area contributed by atoms with Crippen LogP contribution in [0.1, 0.15) is 26.7 Å². The molecule has 1 atom stereocenters. The van der Waals surface area contributed by atoms with Crippen LogP contribution < -0.4 is 5.32 Å². The summed E-state index contributed by atoms with van der Waals surface area (Å²) >= 11 is 0. The smallest absolute Gasteiger partial charge is 0.415 e. The van der Waals surface area contributed by atoms with Gasteiger partial charge in [-0.1, -0.05) is 13.8 Å². The van der Waals surface area contributed by atoms with Gasteiger partial charge in [-0.3, -0.25) is 0 Å². The van der Waals surface area contributed by atoms with Crippen LogP contribution in [0.5, 0.6) is 0 Å². The third kappa shape index (κ3) is 4.05. The third-order valence-corrected chi connectivity index (χ3v) is 2.47. The Morgan fingerprint density at radius 1 is 1.53 bits per heavy atom. The van der Waals surface area contributed by atoms with E-state index in [4.69, 9.17) is 4.74 Å². The van der Waals surface area contributed by atoms with E-state index in [-0.39, 0.29) is 12.5 Å². The van der Waals surface area contributed by atoms with Gasteiger partial charge in [-0.25, -0.2) is 14.9 Å². The molecule has 0 spiro atoms. The number of hydrogen-bond acceptors (Lipinski definition) is 4. The van der Waals surface area contributed by atoms with E-state index in [1.165, 1.54) is 4.90 Å². The number of nitrogens with zero attached hydrogens (tertiary/aromatic N) is 1. The minimum atomic E-state index is -0.764. The van der Waals surface area contributed by atoms with Gasteiger partial charge in [0, 0.05) is 6.54 Å². The monoisotopic (exact) mass is 242 g/mol. The number of rotatable bonds is 3. The largest absolute Gasteiger partial charge is 0.449 e. The zero-order chi connectivity index (χ0) is 12.8. The molecule has 1 saturated heterocycles. The highest BCUT2D eigenvalue weighted by atomic mass is 16.5. The maximum Gasteiger partial charge on any atom is 0.415 e. The number of ether oxygens (including phenoxy) is 1. The first kappa shape index (κ1) is 13.5. The minimum absolute atomic E-state index is 0.213. The van der Waals surface area contributed by atoms with Crippen molar-refractivity contribution < 1.29 is 19.1 Å². The molecule has 17 heavy (non-hydrogen) atoms. The number of nitrogens with one attached hydrogen (secondary N) is 1. The maximum absolute atomic E-state index is 11.6. The van der Waals surface area contributed by atoms with Gasteiger partial charge in [0.2, 0.25) is 0 Å². The first-order chi connectivity index (χ1) is 8.04. The fourth-order valence-corrected chi connectivity index (χ4v) is 1.62. The van der Waals surface area contributed by atoms with Gasteiger partial charge in [0.25, 0.3) is 0 Å². The number of amides is 3. The Kier molecular flexibility index (Phi) is 4.93. The predicted octanol–water partition coefficient (Wildman–Crippen LogP) is 1.15. The molecule has 0 aromatic carbocycles. The Balaban J connectivity index is 2.38. The second kappa shape index (κ2) is 6.22. The lowest BCUT2D eigenvalue weighted by Gasteiger charge is -2.20. The van der Waals surface area contributed by atoms with Gasteiger partial charge in [-0.15, -0.1) is 0 Å². The molecule has 1 N–H and O–H groups in total. The predicted molar refractivity (Wildman–Crippen MR) is 60.5 cm³/mol. The molecule has 1 aliphatic rings. The average molecular weight is 242 g/mol. The number of urea groups is 1. The van der Waals surface area contributed by atoms with Crippen molar-refractivity contribution in [3.63, 3.8) is 0 Å². The third-order valence-electron chi connectivity index (χ3n) is 2.47. The molecule has 1 rings (SSSR count). The van der Waals surface area contributed by atoms with Crippen molar-refractivity contribution in [2.45, 2.75) is 32.7 Å². The number of aldehydes is 1. The van der Waals surface area contributed by atoms with Crippen LogP contribution in [0.2, 0.25) is 0 Å². The number of hydrogen-bond donors (Lipinski definition) is 1. The lowest BCUT2D eigenvalue weighted by molar-refractivity contribution is -0.110. The van der Waals surface area contributed by atoms with Gasteiger partial charge >= 0.3 is 12.1 Å². The fraction of sp³-hybridized carbons (Fsp3) is 0.727. The molecule has 6 heteroatoms. The van der Waals surface area contributed by atoms with Crippen LogP contribution in [-0.4, -0.2) is 42.5 Å². The maximum atomic E-state index is 11.6. The Morgan fingerprint density at radius 3 is 2.82 bits per heavy atom. The number of imide groups is 1. The van der Waals surface area contributed by atoms with Crippen molar-refractivity contribution in [2.75, 3.05) is 13.2 Å². The molecule has 96 valence electrons. The topological polar surface area (TPSA) is 75.7 Å². The van der Waals surface area contributed by atoms with Crippen molar-refractivity contribution in [2.24, 2.45) is 5.92 Å². The summed E-state index contributed by atoms with van der Waals surface area (Å²) in [7, 11) is 0. The average Bonchev–Trinajstić information content (AvgIpc) is 2.74. The molecule has 6 nitrogen and oxygen atoms in total. The molecule has 0 aromatic heterocycles. The molecule has 0 bridgehead atoms. The summed E-state index contributed by atoms with van der Waals surface area (Å²) in [4.78, 5) is 34.9. The number of alkyl carbamates (subject to hydrolysis) is 1. The normalized spacial score (nSPS) is 19.2. The van der Waals surface area contributed by atoms with E-state index in [0.29, 0.717) is 13.0 Å². The van der Waals surface area contributed by atoms with E-state index in [1.54, 1.807) is 0 Å². The van der Waals surface area contributed by atoms with Crippen molar-refractivity contribution in [1.29, 1.82) is 0 Å². The quantitative estimate of drug-likeness (QED) is 0.753. The molecule has 1 aliphatic heterocycles. The van der Waals surface area contributed by atoms with E-state index in [0.717, 1.165) is 12.7 Å². The van der Waals surface area contributed by atoms with Crippen LogP contribution in [0.4, 0.5) is 9.59 Å². The summed E-state index contributed by atoms with van der Waals surface area (Å²) < 4.78 is 4.82. The molecule has 0 aliphatic carbocycles. The first-order valence-corrected chi connectivity index (χ1v) is 5.74. The molecular formula is C11H18N2O4. The summed E-state index contributed by atoms with van der Waals surface area (Å²) in [5.74, 6) is 0.213. The fourth-order valence-electron chi connectivity index (χ4n) is 1.62. The van der Waals surface area contributed by atoms with Crippen molar-refractivity contribution >= 4 is 18.4 Å². The second-order valence-corrected chi connectivity index (χ2v) is 4.46. The van der Waals surface area contributed by atoms with E-state index in [1.807, 2.05) is 13.8 Å². The Hall–Kier alpha value is -1.59. The molecule has 1 fully saturated rings. The molecule has 0 aromatic rings. The summed E-state index contributed by atoms with van der Waals surface area (Å²) in [5, 5.41) is 2.11. The molecule has 0 unspecified atom stereocenters. The highest BCUT2D eigenvalue weighted by Gasteiger charge is 2.29. The Morgan fingerprint density at radius 2 is 2.24 bits per heavy atom. The van der Waals surface area contributed by atoms with Gasteiger partial charge in [-0.05, 0) is 18.8 Å². The minimum Gasteiger partial charge on any atom is -0.449 e. The van der Waals surface area contributed by atoms with Crippen molar-refractivity contribution in [1.82, 2.24) is 10.2 Å². The zero-order valence-corrected chi connectivity index (χ0v) is 10.1. The second-order valence-electron chi connectivity index (χ2n) is 4.46. The SMILES string of the molecule is CC(C)COC(=O)NC(=O)N1CCC[C@H]1C=O. The first-order valence-electron chi connectivity index (χ1n) is 5.74. The van der Waals surface area contributed by atoms with Crippen molar-refractivity contribution in [3.8, 4) is 0 Å². The van der Waals surface area contributed by atoms with Crippen LogP contribution in [0.3, 0.4) is 0 Å². The van der Waals surface area contributed by atoms with Gasteiger partial charge in [0.15, 0.2) is 0 Å². The Bertz CT molecular complexity index is 304. The number of carbonyl (C=O) groups is 3. The highest BCUT2D eigenvalue weighted by Crippen LogP contribution is 2.14. The lowest BCUT2D eigenvalue weighted by Crippen LogP contribution is -2.46. The van der Waals surface area contributed by atoms with Gasteiger partial charge in [-0.2, -0.15) is 0 Å². The molecule has 0 radical (unpaired) electrons. The van der Waals surface area contributed by atoms with E-state index >= 15 is 0 Å². The van der Waals surface area contributed by atoms with Crippen LogP contribution >= 0.6 is 0 Å². The molecule has 3 amide bonds. The summed E-state index contributed by atoms with van der Waals surface area (Å²) in [6.07, 6.45) is 1.39. The number of likely N-dealkylation sites (tertiary alicyclic amines) is 1. The standard InChI is InChI=1S/C11H18N2O4/c1-8(2)7-17-11(16)12-10(15)13-5-3-4-9(13)6-14/h6,8-9H,3-5,7H2,1-2H3,(H,12,15,16)/t9-/m0/s1. The van der Waals surface area contributed by atoms with Crippen LogP contribution in [0.15, 0.2) is 0 Å². The Labute approximate surface area is 100 Å². The van der Waals surface area contributed by atoms with Crippen LogP contribution in [0.25, 0.3) is 0 Å². The van der Waals surface area contributed by atoms with Crippen molar-refractivity contribution in [3.05, 3.63) is 0 Å². The van der Waals surface area contributed by atoms with Crippen LogP contribution in [-0.2, 0) is 9.53 Å². The zero-order valence-electron chi connectivity index (χ0n) is 10.1. The summed E-state index contributed by atoms with van der Waals surface area (Å²) in [6.45, 7) is 4.55. The number of carbonyl (C=O) groups excluding carboxylic acids is 3. The molecule has 0 saturated carbocycles. The molecular weight excluding hydrogens is 224 g/mol. The lowest BCUT2D eigenvalue weighted by atomic mass is 10.2. The summed E-state index contributed by atoms with van der Waals surface area (Å²) in [5.41, 5.74) is 0. The van der Waals surface area contributed by atoms with E-state index < -0.39 is 18.2 Å². The van der Waals surface area contributed by atoms with E-state index in [2.05, 4.69) is 5.32 Å². The van der Waals surface area contributed by atoms with Gasteiger partial charge < -0.3 is 14.4 Å². The van der Waals surface area contributed by atoms with Gasteiger partial charge in [0.05, 0.1) is 12.6 Å². The van der Waals surface area contributed by atoms with Crippen LogP contribution in [0, 0.1) is 5.92 Å². The highest BCUT2D eigenvalue weighted by molar-refractivity contribution is 5.92.